The standard InChI is InChI=1S/C34H39ClF3N9O3/c1-6-22(11-12-43(3)4)32(49)45-13-15-46(16-14-45)33(50)24-9-8-23(17-26(24)35)41-31(48)30-40-19-27(44(30)5)25-20-47(42-29(25)34(36,37)38)28-10-7-21(2)18-39-28/h7-10,17-20,22H,6,11-16H2,1-5H3,(H,41,48). The van der Waals surface area contributed by atoms with E-state index < -0.39 is 17.8 Å². The Kier molecular flexibility index (Phi) is 11.0. The maximum absolute atomic E-state index is 14.0. The summed E-state index contributed by atoms with van der Waals surface area (Å²) in [5.41, 5.74) is -0.0867. The minimum Gasteiger partial charge on any atom is -0.339 e. The molecule has 1 aliphatic heterocycles. The highest BCUT2D eigenvalue weighted by molar-refractivity contribution is 6.34. The third-order valence-electron chi connectivity index (χ3n) is 8.68. The molecule has 4 heterocycles. The minimum absolute atomic E-state index is 0.0142. The van der Waals surface area contributed by atoms with Crippen molar-refractivity contribution >= 4 is 35.0 Å². The van der Waals surface area contributed by atoms with Gasteiger partial charge in [0.05, 0.1) is 28.0 Å². The van der Waals surface area contributed by atoms with Crippen LogP contribution in [0.15, 0.2) is 48.9 Å². The molecule has 3 aromatic heterocycles. The molecule has 3 amide bonds. The number of anilines is 1. The monoisotopic (exact) mass is 713 g/mol. The van der Waals surface area contributed by atoms with Gasteiger partial charge in [-0.3, -0.25) is 14.4 Å². The first-order valence-corrected chi connectivity index (χ1v) is 16.5. The second-order valence-corrected chi connectivity index (χ2v) is 12.9. The van der Waals surface area contributed by atoms with Crippen molar-refractivity contribution in [2.75, 3.05) is 52.1 Å². The molecule has 12 nitrogen and oxygen atoms in total. The van der Waals surface area contributed by atoms with Crippen molar-refractivity contribution in [3.05, 3.63) is 76.6 Å². The van der Waals surface area contributed by atoms with E-state index in [2.05, 4.69) is 25.3 Å². The van der Waals surface area contributed by atoms with Gasteiger partial charge in [0.2, 0.25) is 5.91 Å². The van der Waals surface area contributed by atoms with E-state index in [1.54, 1.807) is 24.0 Å². The second-order valence-electron chi connectivity index (χ2n) is 12.5. The van der Waals surface area contributed by atoms with E-state index in [4.69, 9.17) is 11.6 Å². The first-order chi connectivity index (χ1) is 23.7. The number of amides is 3. The Labute approximate surface area is 292 Å². The van der Waals surface area contributed by atoms with Crippen molar-refractivity contribution in [2.45, 2.75) is 32.9 Å². The molecule has 4 aromatic rings. The Balaban J connectivity index is 1.26. The van der Waals surface area contributed by atoms with Crippen LogP contribution in [0.1, 0.15) is 52.0 Å². The number of imidazole rings is 1. The van der Waals surface area contributed by atoms with E-state index >= 15 is 0 Å². The van der Waals surface area contributed by atoms with Crippen LogP contribution in [0.4, 0.5) is 18.9 Å². The van der Waals surface area contributed by atoms with E-state index in [1.165, 1.54) is 48.4 Å². The number of aromatic nitrogens is 5. The third kappa shape index (κ3) is 7.99. The summed E-state index contributed by atoms with van der Waals surface area (Å²) in [4.78, 5) is 53.4. The number of hydrogen-bond acceptors (Lipinski definition) is 7. The number of piperazine rings is 1. The first-order valence-electron chi connectivity index (χ1n) is 16.1. The number of alkyl halides is 3. The van der Waals surface area contributed by atoms with Crippen molar-refractivity contribution in [1.82, 2.24) is 39.0 Å². The number of hydrogen-bond donors (Lipinski definition) is 1. The number of carbonyl (C=O) groups excluding carboxylic acids is 3. The Morgan fingerprint density at radius 3 is 2.32 bits per heavy atom. The van der Waals surface area contributed by atoms with Gasteiger partial charge in [-0.1, -0.05) is 24.6 Å². The van der Waals surface area contributed by atoms with Gasteiger partial charge < -0.3 is 24.6 Å². The van der Waals surface area contributed by atoms with Crippen LogP contribution in [0.2, 0.25) is 5.02 Å². The lowest BCUT2D eigenvalue weighted by Crippen LogP contribution is -2.52. The molecule has 1 aromatic carbocycles. The fourth-order valence-corrected chi connectivity index (χ4v) is 6.04. The van der Waals surface area contributed by atoms with E-state index in [0.717, 1.165) is 29.6 Å². The van der Waals surface area contributed by atoms with Crippen molar-refractivity contribution in [3.63, 3.8) is 0 Å². The fraction of sp³-hybridized carbons (Fsp3) is 0.412. The van der Waals surface area contributed by atoms with Crippen molar-refractivity contribution in [2.24, 2.45) is 13.0 Å². The molecule has 0 saturated carbocycles. The number of nitrogens with zero attached hydrogens (tertiary/aromatic N) is 8. The van der Waals surface area contributed by atoms with Crippen LogP contribution in [-0.4, -0.2) is 104 Å². The highest BCUT2D eigenvalue weighted by atomic mass is 35.5. The molecule has 0 spiro atoms. The summed E-state index contributed by atoms with van der Waals surface area (Å²) < 4.78 is 44.4. The Morgan fingerprint density at radius 2 is 1.72 bits per heavy atom. The molecule has 1 fully saturated rings. The van der Waals surface area contributed by atoms with Gasteiger partial charge in [0.25, 0.3) is 11.8 Å². The van der Waals surface area contributed by atoms with Crippen LogP contribution in [0.3, 0.4) is 0 Å². The summed E-state index contributed by atoms with van der Waals surface area (Å²) in [5.74, 6) is -0.922. The second kappa shape index (κ2) is 15.0. The summed E-state index contributed by atoms with van der Waals surface area (Å²) in [5, 5.41) is 6.50. The lowest BCUT2D eigenvalue weighted by atomic mass is 10.00. The predicted molar refractivity (Wildman–Crippen MR) is 182 cm³/mol. The molecular weight excluding hydrogens is 675 g/mol. The largest absolute Gasteiger partial charge is 0.435 e. The Morgan fingerprint density at radius 1 is 1.02 bits per heavy atom. The molecule has 0 aliphatic carbocycles. The SMILES string of the molecule is CCC(CCN(C)C)C(=O)N1CCN(C(=O)c2ccc(NC(=O)c3ncc(-c4cn(-c5ccc(C)cn5)nc4C(F)(F)F)n3C)cc2Cl)CC1. The highest BCUT2D eigenvalue weighted by Gasteiger charge is 2.39. The van der Waals surface area contributed by atoms with Gasteiger partial charge >= 0.3 is 6.18 Å². The molecular formula is C34H39ClF3N9O3. The molecule has 1 unspecified atom stereocenters. The van der Waals surface area contributed by atoms with Crippen molar-refractivity contribution in [1.29, 1.82) is 0 Å². The summed E-state index contributed by atoms with van der Waals surface area (Å²) in [6.07, 6.45) is 0.624. The molecule has 266 valence electrons. The fourth-order valence-electron chi connectivity index (χ4n) is 5.78. The number of pyridine rings is 1. The zero-order chi connectivity index (χ0) is 36.3. The topological polar surface area (TPSA) is 121 Å². The van der Waals surface area contributed by atoms with Gasteiger partial charge in [-0.15, -0.1) is 0 Å². The first kappa shape index (κ1) is 36.5. The Hall–Kier alpha value is -4.76. The van der Waals surface area contributed by atoms with E-state index in [0.29, 0.717) is 26.2 Å². The van der Waals surface area contributed by atoms with Crippen LogP contribution < -0.4 is 5.32 Å². The van der Waals surface area contributed by atoms with Gasteiger partial charge in [0, 0.05) is 57.2 Å². The average Bonchev–Trinajstić information content (AvgIpc) is 3.69. The van der Waals surface area contributed by atoms with E-state index in [1.807, 2.05) is 25.9 Å². The maximum atomic E-state index is 14.0. The maximum Gasteiger partial charge on any atom is 0.435 e. The third-order valence-corrected chi connectivity index (χ3v) is 9.00. The van der Waals surface area contributed by atoms with Crippen LogP contribution in [0, 0.1) is 12.8 Å². The van der Waals surface area contributed by atoms with Gasteiger partial charge in [0.1, 0.15) is 0 Å². The summed E-state index contributed by atoms with van der Waals surface area (Å²) in [6, 6.07) is 7.69. The van der Waals surface area contributed by atoms with Crippen molar-refractivity contribution in [3.8, 4) is 17.1 Å². The number of carbonyl (C=O) groups is 3. The quantitative estimate of drug-likeness (QED) is 0.241. The summed E-state index contributed by atoms with van der Waals surface area (Å²) in [7, 11) is 5.38. The molecule has 1 atom stereocenters. The van der Waals surface area contributed by atoms with E-state index in [-0.39, 0.29) is 56.9 Å². The van der Waals surface area contributed by atoms with Gasteiger partial charge in [0.15, 0.2) is 17.3 Å². The number of halogens is 4. The van der Waals surface area contributed by atoms with Gasteiger partial charge in [-0.2, -0.15) is 18.3 Å². The van der Waals surface area contributed by atoms with E-state index in [9.17, 15) is 27.6 Å². The average molecular weight is 714 g/mol. The van der Waals surface area contributed by atoms with Crippen molar-refractivity contribution < 1.29 is 27.6 Å². The number of nitrogens with one attached hydrogen (secondary N) is 1. The molecule has 1 aliphatic rings. The molecule has 1 saturated heterocycles. The predicted octanol–water partition coefficient (Wildman–Crippen LogP) is 5.16. The molecule has 0 bridgehead atoms. The lowest BCUT2D eigenvalue weighted by molar-refractivity contribution is -0.141. The Bertz CT molecular complexity index is 1860. The molecule has 1 N–H and O–H groups in total. The van der Waals surface area contributed by atoms with Gasteiger partial charge in [-0.25, -0.2) is 14.6 Å². The van der Waals surface area contributed by atoms with Crippen LogP contribution >= 0.6 is 11.6 Å². The van der Waals surface area contributed by atoms with Crippen LogP contribution in [0.25, 0.3) is 17.1 Å². The zero-order valence-electron chi connectivity index (χ0n) is 28.5. The minimum atomic E-state index is -4.79. The lowest BCUT2D eigenvalue weighted by Gasteiger charge is -2.36. The highest BCUT2D eigenvalue weighted by Crippen LogP contribution is 2.37. The zero-order valence-corrected chi connectivity index (χ0v) is 29.2. The molecule has 0 radical (unpaired) electrons. The number of aryl methyl sites for hydroxylation is 1. The molecule has 50 heavy (non-hydrogen) atoms. The molecule has 5 rings (SSSR count). The number of benzene rings is 1. The summed E-state index contributed by atoms with van der Waals surface area (Å²) >= 11 is 6.50. The van der Waals surface area contributed by atoms with Gasteiger partial charge in [-0.05, 0) is 70.2 Å². The smallest absolute Gasteiger partial charge is 0.339 e. The summed E-state index contributed by atoms with van der Waals surface area (Å²) in [6.45, 7) is 6.21. The molecule has 16 heteroatoms. The number of rotatable bonds is 10. The normalized spacial score (nSPS) is 14.3. The van der Waals surface area contributed by atoms with Crippen LogP contribution in [-0.2, 0) is 18.0 Å². The van der Waals surface area contributed by atoms with Crippen LogP contribution in [0.5, 0.6) is 0 Å².